The first-order valence-corrected chi connectivity index (χ1v) is 6.30. The third-order valence-corrected chi connectivity index (χ3v) is 3.96. The highest BCUT2D eigenvalue weighted by atomic mass is 32.2. The number of nitrogens with zero attached hydrogens (tertiary/aromatic N) is 1. The smallest absolute Gasteiger partial charge is 0.340 e. The largest absolute Gasteiger partial charge is 0.399 e. The van der Waals surface area contributed by atoms with Crippen molar-refractivity contribution < 1.29 is 8.42 Å². The fourth-order valence-electron chi connectivity index (χ4n) is 1.51. The average Bonchev–Trinajstić information content (AvgIpc) is 2.53. The minimum atomic E-state index is -3.59. The standard InChI is InChI=1S/C9H11N3O3S/c1-2-16(14,15)12-8-4-3-6(10)5-7(8)11-9(12)13/h3-5H,2,10H2,1H3,(H,11,13). The van der Waals surface area contributed by atoms with Gasteiger partial charge in [0.1, 0.15) is 0 Å². The monoisotopic (exact) mass is 241 g/mol. The van der Waals surface area contributed by atoms with Crippen LogP contribution in [-0.2, 0) is 10.0 Å². The Kier molecular flexibility index (Phi) is 2.27. The van der Waals surface area contributed by atoms with Crippen LogP contribution in [0.25, 0.3) is 11.0 Å². The van der Waals surface area contributed by atoms with E-state index in [0.29, 0.717) is 16.7 Å². The van der Waals surface area contributed by atoms with Gasteiger partial charge in [-0.2, -0.15) is 3.97 Å². The highest BCUT2D eigenvalue weighted by Crippen LogP contribution is 2.15. The Labute approximate surface area is 91.7 Å². The van der Waals surface area contributed by atoms with Crippen LogP contribution in [0.15, 0.2) is 23.0 Å². The van der Waals surface area contributed by atoms with Gasteiger partial charge in [0.05, 0.1) is 16.8 Å². The number of aromatic amines is 1. The van der Waals surface area contributed by atoms with Crippen molar-refractivity contribution in [2.45, 2.75) is 6.92 Å². The van der Waals surface area contributed by atoms with E-state index in [2.05, 4.69) is 4.98 Å². The van der Waals surface area contributed by atoms with Crippen LogP contribution in [0.2, 0.25) is 0 Å². The Morgan fingerprint density at radius 2 is 2.12 bits per heavy atom. The van der Waals surface area contributed by atoms with Crippen LogP contribution in [0.3, 0.4) is 0 Å². The van der Waals surface area contributed by atoms with Gasteiger partial charge in [-0.25, -0.2) is 13.2 Å². The molecule has 3 N–H and O–H groups in total. The molecule has 0 saturated carbocycles. The molecule has 7 heteroatoms. The maximum atomic E-state index is 11.7. The molecular formula is C9H11N3O3S. The number of H-pyrrole nitrogens is 1. The van der Waals surface area contributed by atoms with Crippen molar-refractivity contribution in [1.29, 1.82) is 0 Å². The van der Waals surface area contributed by atoms with Gasteiger partial charge >= 0.3 is 5.69 Å². The Morgan fingerprint density at radius 3 is 2.75 bits per heavy atom. The Hall–Kier alpha value is -1.76. The van der Waals surface area contributed by atoms with Crippen molar-refractivity contribution in [3.63, 3.8) is 0 Å². The summed E-state index contributed by atoms with van der Waals surface area (Å²) < 4.78 is 24.2. The summed E-state index contributed by atoms with van der Waals surface area (Å²) in [6.07, 6.45) is 0. The quantitative estimate of drug-likeness (QED) is 0.729. The summed E-state index contributed by atoms with van der Waals surface area (Å²) in [5.41, 5.74) is 6.09. The van der Waals surface area contributed by atoms with Crippen LogP contribution in [0, 0.1) is 0 Å². The molecule has 6 nitrogen and oxygen atoms in total. The number of nitrogens with two attached hydrogens (primary N) is 1. The first-order valence-electron chi connectivity index (χ1n) is 4.69. The lowest BCUT2D eigenvalue weighted by molar-refractivity contribution is 0.588. The third kappa shape index (κ3) is 1.49. The molecule has 1 heterocycles. The molecule has 0 spiro atoms. The molecule has 2 aromatic rings. The van der Waals surface area contributed by atoms with Crippen molar-refractivity contribution >= 4 is 26.7 Å². The number of aromatic nitrogens is 2. The molecule has 86 valence electrons. The zero-order chi connectivity index (χ0) is 11.9. The molecule has 0 aliphatic carbocycles. The average molecular weight is 241 g/mol. The minimum absolute atomic E-state index is 0.135. The van der Waals surface area contributed by atoms with E-state index in [-0.39, 0.29) is 5.75 Å². The molecule has 0 amide bonds. The second kappa shape index (κ2) is 3.38. The maximum absolute atomic E-state index is 11.7. The van der Waals surface area contributed by atoms with Crippen molar-refractivity contribution in [3.05, 3.63) is 28.7 Å². The highest BCUT2D eigenvalue weighted by Gasteiger charge is 2.17. The molecule has 0 bridgehead atoms. The molecule has 0 aliphatic rings. The van der Waals surface area contributed by atoms with Crippen molar-refractivity contribution in [2.24, 2.45) is 0 Å². The van der Waals surface area contributed by atoms with Gasteiger partial charge in [0.2, 0.25) is 10.0 Å². The van der Waals surface area contributed by atoms with Crippen LogP contribution in [0.5, 0.6) is 0 Å². The van der Waals surface area contributed by atoms with Crippen LogP contribution < -0.4 is 11.4 Å². The van der Waals surface area contributed by atoms with Gasteiger partial charge in [-0.1, -0.05) is 0 Å². The van der Waals surface area contributed by atoms with Crippen molar-refractivity contribution in [2.75, 3.05) is 11.5 Å². The van der Waals surface area contributed by atoms with E-state index in [1.54, 1.807) is 6.07 Å². The molecule has 1 aromatic carbocycles. The number of benzene rings is 1. The Balaban J connectivity index is 2.91. The molecule has 0 unspecified atom stereocenters. The predicted octanol–water partition coefficient (Wildman–Crippen LogP) is 0.110. The van der Waals surface area contributed by atoms with Gasteiger partial charge in [0.15, 0.2) is 0 Å². The summed E-state index contributed by atoms with van der Waals surface area (Å²) in [5.74, 6) is -0.135. The van der Waals surface area contributed by atoms with E-state index in [1.807, 2.05) is 0 Å². The summed E-state index contributed by atoms with van der Waals surface area (Å²) in [6, 6.07) is 4.59. The first kappa shape index (κ1) is 10.7. The Morgan fingerprint density at radius 1 is 1.44 bits per heavy atom. The number of rotatable bonds is 2. The SMILES string of the molecule is CCS(=O)(=O)n1c(=O)[nH]c2cc(N)ccc21. The van der Waals surface area contributed by atoms with Gasteiger partial charge in [-0.05, 0) is 25.1 Å². The van der Waals surface area contributed by atoms with Gasteiger partial charge in [0, 0.05) is 5.69 Å². The molecular weight excluding hydrogens is 230 g/mol. The number of anilines is 1. The molecule has 0 aliphatic heterocycles. The van der Waals surface area contributed by atoms with Crippen LogP contribution in [0.1, 0.15) is 6.92 Å². The van der Waals surface area contributed by atoms with Crippen LogP contribution in [-0.4, -0.2) is 23.1 Å². The van der Waals surface area contributed by atoms with Crippen LogP contribution >= 0.6 is 0 Å². The van der Waals surface area contributed by atoms with E-state index >= 15 is 0 Å². The number of nitrogens with one attached hydrogen (secondary N) is 1. The lowest BCUT2D eigenvalue weighted by atomic mass is 10.3. The predicted molar refractivity (Wildman–Crippen MR) is 61.8 cm³/mol. The second-order valence-electron chi connectivity index (χ2n) is 3.37. The summed E-state index contributed by atoms with van der Waals surface area (Å²) in [5, 5.41) is 0. The van der Waals surface area contributed by atoms with E-state index in [0.717, 1.165) is 3.97 Å². The summed E-state index contributed by atoms with van der Waals surface area (Å²) in [4.78, 5) is 14.0. The van der Waals surface area contributed by atoms with Gasteiger partial charge in [-0.3, -0.25) is 0 Å². The van der Waals surface area contributed by atoms with Gasteiger partial charge < -0.3 is 10.7 Å². The maximum Gasteiger partial charge on any atom is 0.340 e. The zero-order valence-electron chi connectivity index (χ0n) is 8.60. The number of hydrogen-bond acceptors (Lipinski definition) is 4. The topological polar surface area (TPSA) is 98.0 Å². The summed E-state index contributed by atoms with van der Waals surface area (Å²) >= 11 is 0. The van der Waals surface area contributed by atoms with E-state index in [9.17, 15) is 13.2 Å². The first-order chi connectivity index (χ1) is 7.45. The fourth-order valence-corrected chi connectivity index (χ4v) is 2.53. The molecule has 0 radical (unpaired) electrons. The third-order valence-electron chi connectivity index (χ3n) is 2.31. The fraction of sp³-hybridized carbons (Fsp3) is 0.222. The molecule has 1 aromatic heterocycles. The zero-order valence-corrected chi connectivity index (χ0v) is 9.41. The normalized spacial score (nSPS) is 12.1. The minimum Gasteiger partial charge on any atom is -0.399 e. The van der Waals surface area contributed by atoms with Crippen molar-refractivity contribution in [1.82, 2.24) is 8.96 Å². The highest BCUT2D eigenvalue weighted by molar-refractivity contribution is 7.90. The van der Waals surface area contributed by atoms with E-state index in [1.165, 1.54) is 19.1 Å². The number of hydrogen-bond donors (Lipinski definition) is 2. The van der Waals surface area contributed by atoms with E-state index in [4.69, 9.17) is 5.73 Å². The number of imidazole rings is 1. The molecule has 16 heavy (non-hydrogen) atoms. The lowest BCUT2D eigenvalue weighted by Gasteiger charge is -2.02. The molecule has 0 fully saturated rings. The molecule has 0 saturated heterocycles. The summed E-state index contributed by atoms with van der Waals surface area (Å²) in [6.45, 7) is 1.48. The lowest BCUT2D eigenvalue weighted by Crippen LogP contribution is -2.26. The van der Waals surface area contributed by atoms with Gasteiger partial charge in [0.25, 0.3) is 0 Å². The number of fused-ring (bicyclic) bond motifs is 1. The second-order valence-corrected chi connectivity index (χ2v) is 5.48. The Bertz CT molecular complexity index is 696. The molecule has 2 rings (SSSR count). The van der Waals surface area contributed by atoms with E-state index < -0.39 is 15.7 Å². The van der Waals surface area contributed by atoms with Gasteiger partial charge in [-0.15, -0.1) is 0 Å². The van der Waals surface area contributed by atoms with Crippen LogP contribution in [0.4, 0.5) is 5.69 Å². The summed E-state index contributed by atoms with van der Waals surface area (Å²) in [7, 11) is -3.59. The molecule has 0 atom stereocenters. The van der Waals surface area contributed by atoms with Crippen molar-refractivity contribution in [3.8, 4) is 0 Å². The number of nitrogen functional groups attached to an aromatic ring is 1.